The first-order valence-electron chi connectivity index (χ1n) is 5.02. The summed E-state index contributed by atoms with van der Waals surface area (Å²) < 4.78 is 5.09. The zero-order valence-corrected chi connectivity index (χ0v) is 8.97. The molecule has 1 aliphatic carbocycles. The first-order valence-corrected chi connectivity index (χ1v) is 5.02. The van der Waals surface area contributed by atoms with Crippen molar-refractivity contribution >= 4 is 0 Å². The van der Waals surface area contributed by atoms with Gasteiger partial charge in [0.25, 0.3) is 0 Å². The molecule has 0 aromatic rings. The summed E-state index contributed by atoms with van der Waals surface area (Å²) in [5, 5.41) is 0. The van der Waals surface area contributed by atoms with Crippen molar-refractivity contribution in [3.05, 3.63) is 24.0 Å². The second-order valence-electron chi connectivity index (χ2n) is 4.15. The molecule has 1 heteroatoms. The van der Waals surface area contributed by atoms with E-state index >= 15 is 0 Å². The van der Waals surface area contributed by atoms with E-state index in [9.17, 15) is 0 Å². The topological polar surface area (TPSA) is 9.23 Å². The summed E-state index contributed by atoms with van der Waals surface area (Å²) in [5.41, 5.74) is 2.76. The monoisotopic (exact) mass is 180 g/mol. The van der Waals surface area contributed by atoms with Crippen LogP contribution in [0.5, 0.6) is 0 Å². The van der Waals surface area contributed by atoms with E-state index < -0.39 is 0 Å². The van der Waals surface area contributed by atoms with Crippen molar-refractivity contribution < 1.29 is 4.74 Å². The third-order valence-corrected chi connectivity index (χ3v) is 3.03. The molecule has 0 unspecified atom stereocenters. The maximum atomic E-state index is 5.09. The Morgan fingerprint density at radius 2 is 2.23 bits per heavy atom. The van der Waals surface area contributed by atoms with Crippen LogP contribution in [0.3, 0.4) is 0 Å². The van der Waals surface area contributed by atoms with Gasteiger partial charge >= 0.3 is 0 Å². The van der Waals surface area contributed by atoms with Gasteiger partial charge in [-0.15, -0.1) is 0 Å². The van der Waals surface area contributed by atoms with Gasteiger partial charge in [0.1, 0.15) is 0 Å². The Bertz CT molecular complexity index is 215. The largest absolute Gasteiger partial charge is 0.504 e. The molecule has 0 aliphatic heterocycles. The Morgan fingerprint density at radius 3 is 2.77 bits per heavy atom. The minimum atomic E-state index is 0.678. The molecule has 0 aromatic heterocycles. The Morgan fingerprint density at radius 1 is 1.54 bits per heavy atom. The number of allylic oxidation sites excluding steroid dienone is 2. The van der Waals surface area contributed by atoms with Gasteiger partial charge in [-0.05, 0) is 43.6 Å². The van der Waals surface area contributed by atoms with Crippen molar-refractivity contribution in [2.45, 2.75) is 33.1 Å². The molecule has 0 radical (unpaired) electrons. The summed E-state index contributed by atoms with van der Waals surface area (Å²) >= 11 is 0. The molecule has 1 rings (SSSR count). The van der Waals surface area contributed by atoms with E-state index in [0.717, 1.165) is 6.42 Å². The molecular formula is C12H20O. The second kappa shape index (κ2) is 4.50. The predicted molar refractivity (Wildman–Crippen MR) is 56.4 cm³/mol. The molecule has 1 fully saturated rings. The highest BCUT2D eigenvalue weighted by Gasteiger charge is 2.22. The Hall–Kier alpha value is -0.720. The smallest absolute Gasteiger partial charge is 0.0819 e. The highest BCUT2D eigenvalue weighted by Crippen LogP contribution is 2.36. The molecule has 13 heavy (non-hydrogen) atoms. The van der Waals surface area contributed by atoms with E-state index in [1.165, 1.54) is 24.0 Å². The van der Waals surface area contributed by atoms with Crippen LogP contribution in [0.25, 0.3) is 0 Å². The molecule has 0 spiro atoms. The van der Waals surface area contributed by atoms with Crippen molar-refractivity contribution in [3.63, 3.8) is 0 Å². The van der Waals surface area contributed by atoms with Crippen molar-refractivity contribution in [3.8, 4) is 0 Å². The molecule has 1 aliphatic rings. The highest BCUT2D eigenvalue weighted by molar-refractivity contribution is 5.12. The van der Waals surface area contributed by atoms with E-state index in [0.29, 0.717) is 11.8 Å². The molecule has 0 heterocycles. The van der Waals surface area contributed by atoms with E-state index in [1.807, 2.05) is 6.26 Å². The molecule has 1 saturated carbocycles. The van der Waals surface area contributed by atoms with Gasteiger partial charge in [0.15, 0.2) is 0 Å². The van der Waals surface area contributed by atoms with Crippen LogP contribution < -0.4 is 0 Å². The second-order valence-corrected chi connectivity index (χ2v) is 4.15. The first-order chi connectivity index (χ1) is 6.15. The van der Waals surface area contributed by atoms with Crippen LogP contribution in [0.1, 0.15) is 33.1 Å². The van der Waals surface area contributed by atoms with Crippen molar-refractivity contribution in [1.29, 1.82) is 0 Å². The quantitative estimate of drug-likeness (QED) is 0.466. The molecule has 74 valence electrons. The lowest BCUT2D eigenvalue weighted by Gasteiger charge is -2.29. The predicted octanol–water partition coefficient (Wildman–Crippen LogP) is 3.53. The van der Waals surface area contributed by atoms with E-state index in [2.05, 4.69) is 20.4 Å². The molecule has 0 saturated heterocycles. The third kappa shape index (κ3) is 2.61. The summed E-state index contributed by atoms with van der Waals surface area (Å²) in [6.07, 6.45) is 5.62. The summed E-state index contributed by atoms with van der Waals surface area (Å²) in [6, 6.07) is 0. The van der Waals surface area contributed by atoms with Gasteiger partial charge in [0, 0.05) is 0 Å². The Balaban J connectivity index is 2.63. The number of methoxy groups -OCH3 is 1. The minimum Gasteiger partial charge on any atom is -0.504 e. The molecule has 2 atom stereocenters. The summed E-state index contributed by atoms with van der Waals surface area (Å²) in [5.74, 6) is 1.37. The number of ether oxygens (including phenoxy) is 1. The van der Waals surface area contributed by atoms with Gasteiger partial charge in [-0.1, -0.05) is 19.1 Å². The van der Waals surface area contributed by atoms with Crippen LogP contribution in [-0.2, 0) is 4.74 Å². The molecule has 1 nitrogen and oxygen atoms in total. The molecule has 0 bridgehead atoms. The number of hydrogen-bond donors (Lipinski definition) is 0. The van der Waals surface area contributed by atoms with Crippen LogP contribution in [0.15, 0.2) is 24.0 Å². The van der Waals surface area contributed by atoms with Gasteiger partial charge in [-0.3, -0.25) is 0 Å². The minimum absolute atomic E-state index is 0.678. The fraction of sp³-hybridized carbons (Fsp3) is 0.667. The van der Waals surface area contributed by atoms with E-state index in [-0.39, 0.29) is 0 Å². The van der Waals surface area contributed by atoms with Crippen LogP contribution in [-0.4, -0.2) is 7.11 Å². The van der Waals surface area contributed by atoms with Crippen LogP contribution in [0, 0.1) is 11.8 Å². The Labute approximate surface area is 81.5 Å². The molecule has 0 amide bonds. The van der Waals surface area contributed by atoms with Gasteiger partial charge in [-0.2, -0.15) is 0 Å². The fourth-order valence-corrected chi connectivity index (χ4v) is 1.96. The zero-order valence-electron chi connectivity index (χ0n) is 8.97. The normalized spacial score (nSPS) is 31.8. The lowest BCUT2D eigenvalue weighted by Crippen LogP contribution is -2.16. The van der Waals surface area contributed by atoms with E-state index in [1.54, 1.807) is 7.11 Å². The standard InChI is InChI=1S/C12H20O/c1-9(2)11-6-5-10(3)12(7-11)8-13-4/h8,10-11H,1,5-7H2,2-4H3/b12-8-/t10-,11-/m1/s1. The average molecular weight is 180 g/mol. The van der Waals surface area contributed by atoms with Crippen molar-refractivity contribution in [2.24, 2.45) is 11.8 Å². The summed E-state index contributed by atoms with van der Waals surface area (Å²) in [4.78, 5) is 0. The zero-order chi connectivity index (χ0) is 9.84. The lowest BCUT2D eigenvalue weighted by molar-refractivity contribution is 0.311. The number of hydrogen-bond acceptors (Lipinski definition) is 1. The van der Waals surface area contributed by atoms with E-state index in [4.69, 9.17) is 4.74 Å². The molecule has 0 aromatic carbocycles. The van der Waals surface area contributed by atoms with Crippen molar-refractivity contribution in [2.75, 3.05) is 7.11 Å². The third-order valence-electron chi connectivity index (χ3n) is 3.03. The van der Waals surface area contributed by atoms with Crippen LogP contribution in [0.4, 0.5) is 0 Å². The van der Waals surface area contributed by atoms with Gasteiger partial charge < -0.3 is 4.74 Å². The fourth-order valence-electron chi connectivity index (χ4n) is 1.96. The highest BCUT2D eigenvalue weighted by atomic mass is 16.5. The summed E-state index contributed by atoms with van der Waals surface area (Å²) in [6.45, 7) is 8.44. The average Bonchev–Trinajstić information content (AvgIpc) is 2.08. The maximum absolute atomic E-state index is 5.09. The molecule has 0 N–H and O–H groups in total. The van der Waals surface area contributed by atoms with Crippen LogP contribution in [0.2, 0.25) is 0 Å². The summed E-state index contributed by atoms with van der Waals surface area (Å²) in [7, 11) is 1.73. The van der Waals surface area contributed by atoms with Gasteiger partial charge in [0.05, 0.1) is 13.4 Å². The van der Waals surface area contributed by atoms with Gasteiger partial charge in [-0.25, -0.2) is 0 Å². The maximum Gasteiger partial charge on any atom is 0.0819 e. The first kappa shape index (κ1) is 10.4. The Kier molecular flexibility index (Phi) is 3.58. The van der Waals surface area contributed by atoms with Gasteiger partial charge in [0.2, 0.25) is 0 Å². The molecular weight excluding hydrogens is 160 g/mol. The SMILES string of the molecule is C=C(C)[C@@H]1CC[C@@H](C)/C(=C\OC)C1. The van der Waals surface area contributed by atoms with Crippen LogP contribution >= 0.6 is 0 Å². The lowest BCUT2D eigenvalue weighted by atomic mass is 9.77. The van der Waals surface area contributed by atoms with Crippen molar-refractivity contribution in [1.82, 2.24) is 0 Å². The number of rotatable bonds is 2.